The van der Waals surface area contributed by atoms with E-state index in [0.29, 0.717) is 21.5 Å². The van der Waals surface area contributed by atoms with E-state index in [1.54, 1.807) is 61.8 Å². The van der Waals surface area contributed by atoms with Gasteiger partial charge in [-0.15, -0.1) is 0 Å². The Kier molecular flexibility index (Phi) is 7.05. The maximum atomic E-state index is 11.9. The summed E-state index contributed by atoms with van der Waals surface area (Å²) in [4.78, 5) is 15.9. The predicted octanol–water partition coefficient (Wildman–Crippen LogP) is 4.74. The summed E-state index contributed by atoms with van der Waals surface area (Å²) in [6.45, 7) is 0.264. The highest BCUT2D eigenvalue weighted by Crippen LogP contribution is 2.29. The van der Waals surface area contributed by atoms with Crippen LogP contribution in [0, 0.1) is 0 Å². The molecule has 0 atom stereocenters. The van der Waals surface area contributed by atoms with Gasteiger partial charge in [0, 0.05) is 21.8 Å². The molecular formula is C21H17Cl2N3O3. The van der Waals surface area contributed by atoms with Crippen molar-refractivity contribution in [2.24, 2.45) is 5.10 Å². The van der Waals surface area contributed by atoms with Crippen LogP contribution in [0.15, 0.2) is 65.9 Å². The minimum atomic E-state index is -0.395. The molecule has 3 aromatic rings. The van der Waals surface area contributed by atoms with Crippen molar-refractivity contribution in [3.05, 3.63) is 87.7 Å². The smallest absolute Gasteiger partial charge is 0.289 e. The Morgan fingerprint density at radius 2 is 2.00 bits per heavy atom. The van der Waals surface area contributed by atoms with Gasteiger partial charge in [0.1, 0.15) is 12.3 Å². The average molecular weight is 430 g/mol. The second-order valence-electron chi connectivity index (χ2n) is 5.85. The number of hydrogen-bond acceptors (Lipinski definition) is 5. The van der Waals surface area contributed by atoms with Crippen LogP contribution in [0.4, 0.5) is 0 Å². The molecule has 1 amide bonds. The van der Waals surface area contributed by atoms with E-state index in [4.69, 9.17) is 32.7 Å². The van der Waals surface area contributed by atoms with Crippen LogP contribution >= 0.6 is 23.2 Å². The Balaban J connectivity index is 1.64. The Labute approximate surface area is 178 Å². The fourth-order valence-corrected chi connectivity index (χ4v) is 2.86. The van der Waals surface area contributed by atoms with Crippen molar-refractivity contribution in [2.75, 3.05) is 7.11 Å². The third-order valence-corrected chi connectivity index (χ3v) is 4.45. The van der Waals surface area contributed by atoms with E-state index in [9.17, 15) is 4.79 Å². The van der Waals surface area contributed by atoms with Crippen LogP contribution in [0.2, 0.25) is 10.0 Å². The highest BCUT2D eigenvalue weighted by atomic mass is 35.5. The Bertz CT molecular complexity index is 1030. The molecule has 0 unspecified atom stereocenters. The molecule has 0 saturated heterocycles. The number of carbonyl (C=O) groups excluding carboxylic acids is 1. The molecule has 0 bridgehead atoms. The van der Waals surface area contributed by atoms with Crippen LogP contribution < -0.4 is 14.9 Å². The number of carbonyl (C=O) groups is 1. The minimum Gasteiger partial charge on any atom is -0.493 e. The van der Waals surface area contributed by atoms with E-state index in [-0.39, 0.29) is 12.3 Å². The van der Waals surface area contributed by atoms with E-state index in [1.807, 2.05) is 6.07 Å². The van der Waals surface area contributed by atoms with Crippen LogP contribution in [0.1, 0.15) is 21.6 Å². The number of pyridine rings is 1. The summed E-state index contributed by atoms with van der Waals surface area (Å²) in [6, 6.07) is 15.6. The zero-order chi connectivity index (χ0) is 20.6. The maximum Gasteiger partial charge on any atom is 0.289 e. The zero-order valence-electron chi connectivity index (χ0n) is 15.4. The molecule has 0 aliphatic rings. The first kappa shape index (κ1) is 20.6. The molecule has 1 aromatic heterocycles. The summed E-state index contributed by atoms with van der Waals surface area (Å²) < 4.78 is 11.2. The summed E-state index contributed by atoms with van der Waals surface area (Å²) in [5.74, 6) is 0.678. The number of methoxy groups -OCH3 is 1. The first-order chi connectivity index (χ1) is 14.1. The zero-order valence-corrected chi connectivity index (χ0v) is 16.9. The van der Waals surface area contributed by atoms with Crippen molar-refractivity contribution in [1.82, 2.24) is 10.4 Å². The van der Waals surface area contributed by atoms with E-state index < -0.39 is 5.91 Å². The lowest BCUT2D eigenvalue weighted by atomic mass is 10.2. The first-order valence-electron chi connectivity index (χ1n) is 8.56. The van der Waals surface area contributed by atoms with Gasteiger partial charge in [0.15, 0.2) is 11.5 Å². The Hall–Kier alpha value is -3.09. The molecule has 0 saturated carbocycles. The summed E-state index contributed by atoms with van der Waals surface area (Å²) in [5.41, 5.74) is 4.24. The van der Waals surface area contributed by atoms with Gasteiger partial charge < -0.3 is 9.47 Å². The second kappa shape index (κ2) is 9.91. The fraction of sp³-hybridized carbons (Fsp3) is 0.0952. The van der Waals surface area contributed by atoms with Crippen LogP contribution in [0.3, 0.4) is 0 Å². The monoisotopic (exact) mass is 429 g/mol. The van der Waals surface area contributed by atoms with Gasteiger partial charge in [-0.25, -0.2) is 5.43 Å². The van der Waals surface area contributed by atoms with Crippen molar-refractivity contribution in [1.29, 1.82) is 0 Å². The molecule has 2 aromatic carbocycles. The van der Waals surface area contributed by atoms with Gasteiger partial charge >= 0.3 is 0 Å². The lowest BCUT2D eigenvalue weighted by Gasteiger charge is -2.12. The van der Waals surface area contributed by atoms with Crippen molar-refractivity contribution in [3.63, 3.8) is 0 Å². The quantitative estimate of drug-likeness (QED) is 0.434. The molecule has 1 N–H and O–H groups in total. The predicted molar refractivity (Wildman–Crippen MR) is 113 cm³/mol. The highest BCUT2D eigenvalue weighted by molar-refractivity contribution is 6.35. The maximum absolute atomic E-state index is 11.9. The number of rotatable bonds is 7. The largest absolute Gasteiger partial charge is 0.493 e. The number of halogens is 2. The van der Waals surface area contributed by atoms with Crippen LogP contribution in [0.5, 0.6) is 11.5 Å². The van der Waals surface area contributed by atoms with E-state index in [1.165, 1.54) is 6.21 Å². The first-order valence-corrected chi connectivity index (χ1v) is 9.31. The van der Waals surface area contributed by atoms with Gasteiger partial charge in [-0.2, -0.15) is 5.10 Å². The molecule has 3 rings (SSSR count). The molecule has 0 radical (unpaired) electrons. The minimum absolute atomic E-state index is 0.264. The Morgan fingerprint density at radius 1 is 1.14 bits per heavy atom. The van der Waals surface area contributed by atoms with E-state index in [0.717, 1.165) is 11.1 Å². The summed E-state index contributed by atoms with van der Waals surface area (Å²) >= 11 is 12.1. The molecule has 1 heterocycles. The molecule has 0 spiro atoms. The molecular weight excluding hydrogens is 413 g/mol. The normalized spacial score (nSPS) is 10.7. The number of hydrogen-bond donors (Lipinski definition) is 1. The number of benzene rings is 2. The Morgan fingerprint density at radius 3 is 2.72 bits per heavy atom. The molecule has 0 aliphatic carbocycles. The van der Waals surface area contributed by atoms with Gasteiger partial charge in [0.25, 0.3) is 5.91 Å². The number of aromatic nitrogens is 1. The number of amides is 1. The second-order valence-corrected chi connectivity index (χ2v) is 6.69. The van der Waals surface area contributed by atoms with Crippen LogP contribution in [0.25, 0.3) is 0 Å². The third-order valence-electron chi connectivity index (χ3n) is 3.86. The van der Waals surface area contributed by atoms with Crippen molar-refractivity contribution in [3.8, 4) is 11.5 Å². The summed E-state index contributed by atoms with van der Waals surface area (Å²) in [7, 11) is 1.54. The van der Waals surface area contributed by atoms with Crippen molar-refractivity contribution in [2.45, 2.75) is 6.61 Å². The standard InChI is InChI=1S/C21H17Cl2N3O3/c1-28-20-10-14(12-25-26-21(27)18-4-2-3-9-24-18)5-8-19(20)29-13-15-6-7-16(22)11-17(15)23/h2-12H,13H2,1H3,(H,26,27)/b25-12+. The third kappa shape index (κ3) is 5.70. The molecule has 29 heavy (non-hydrogen) atoms. The number of hydrazone groups is 1. The molecule has 8 heteroatoms. The average Bonchev–Trinajstić information content (AvgIpc) is 2.74. The topological polar surface area (TPSA) is 72.8 Å². The number of nitrogens with zero attached hydrogens (tertiary/aromatic N) is 2. The van der Waals surface area contributed by atoms with Gasteiger partial charge in [0.05, 0.1) is 13.3 Å². The summed E-state index contributed by atoms with van der Waals surface area (Å²) in [5, 5.41) is 5.04. The number of ether oxygens (including phenoxy) is 2. The van der Waals surface area contributed by atoms with Crippen molar-refractivity contribution >= 4 is 35.3 Å². The van der Waals surface area contributed by atoms with Crippen molar-refractivity contribution < 1.29 is 14.3 Å². The van der Waals surface area contributed by atoms with Gasteiger partial charge in [-0.1, -0.05) is 35.3 Å². The fourth-order valence-electron chi connectivity index (χ4n) is 2.40. The van der Waals surface area contributed by atoms with Gasteiger partial charge in [-0.3, -0.25) is 9.78 Å². The lowest BCUT2D eigenvalue weighted by molar-refractivity contribution is 0.0950. The molecule has 6 nitrogen and oxygen atoms in total. The lowest BCUT2D eigenvalue weighted by Crippen LogP contribution is -2.18. The summed E-state index contributed by atoms with van der Waals surface area (Å²) in [6.07, 6.45) is 3.04. The number of nitrogens with one attached hydrogen (secondary N) is 1. The molecule has 0 fully saturated rings. The SMILES string of the molecule is COc1cc(/C=N/NC(=O)c2ccccn2)ccc1OCc1ccc(Cl)cc1Cl. The van der Waals surface area contributed by atoms with Gasteiger partial charge in [-0.05, 0) is 48.0 Å². The molecule has 148 valence electrons. The van der Waals surface area contributed by atoms with Crippen LogP contribution in [-0.2, 0) is 6.61 Å². The van der Waals surface area contributed by atoms with Gasteiger partial charge in [0.2, 0.25) is 0 Å². The van der Waals surface area contributed by atoms with E-state index in [2.05, 4.69) is 15.5 Å². The van der Waals surface area contributed by atoms with E-state index >= 15 is 0 Å². The highest BCUT2D eigenvalue weighted by Gasteiger charge is 2.08. The molecule has 0 aliphatic heterocycles. The van der Waals surface area contributed by atoms with Crippen LogP contribution in [-0.4, -0.2) is 24.2 Å².